The molecule has 6 heteroatoms. The highest BCUT2D eigenvalue weighted by molar-refractivity contribution is 5.79. The molecule has 0 bridgehead atoms. The van der Waals surface area contributed by atoms with E-state index >= 15 is 0 Å². The number of aryl methyl sites for hydroxylation is 1. The lowest BCUT2D eigenvalue weighted by Crippen LogP contribution is -2.39. The van der Waals surface area contributed by atoms with Crippen LogP contribution in [0.25, 0.3) is 0 Å². The first kappa shape index (κ1) is 19.0. The van der Waals surface area contributed by atoms with Gasteiger partial charge in [0.25, 0.3) is 0 Å². The normalized spacial score (nSPS) is 12.2. The largest absolute Gasteiger partial charge is 0.357 e. The zero-order valence-electron chi connectivity index (χ0n) is 15.6. The maximum absolute atomic E-state index is 4.78. The van der Waals surface area contributed by atoms with Gasteiger partial charge in [-0.1, -0.05) is 44.2 Å². The molecule has 0 atom stereocenters. The van der Waals surface area contributed by atoms with Crippen LogP contribution < -0.4 is 10.6 Å². The first-order valence-electron chi connectivity index (χ1n) is 9.02. The number of hydrogen-bond acceptors (Lipinski definition) is 3. The second kappa shape index (κ2) is 9.81. The van der Waals surface area contributed by atoms with Gasteiger partial charge in [-0.05, 0) is 25.3 Å². The van der Waals surface area contributed by atoms with Crippen LogP contribution in [0.3, 0.4) is 0 Å². The minimum absolute atomic E-state index is 0.0119. The van der Waals surface area contributed by atoms with Crippen molar-refractivity contribution in [1.82, 2.24) is 25.4 Å². The van der Waals surface area contributed by atoms with E-state index in [-0.39, 0.29) is 5.41 Å². The van der Waals surface area contributed by atoms with Crippen molar-refractivity contribution < 1.29 is 0 Å². The maximum Gasteiger partial charge on any atom is 0.191 e. The Morgan fingerprint density at radius 1 is 1.08 bits per heavy atom. The third kappa shape index (κ3) is 6.57. The second-order valence-electron chi connectivity index (χ2n) is 6.78. The van der Waals surface area contributed by atoms with E-state index in [1.807, 2.05) is 10.6 Å². The molecule has 2 rings (SSSR count). The molecule has 0 amide bonds. The molecule has 0 saturated heterocycles. The number of unbranched alkanes of at least 4 members (excludes halogenated alkanes) is 1. The Morgan fingerprint density at radius 2 is 1.80 bits per heavy atom. The van der Waals surface area contributed by atoms with E-state index in [1.165, 1.54) is 5.56 Å². The summed E-state index contributed by atoms with van der Waals surface area (Å²) in [6, 6.07) is 10.6. The molecular formula is C19H30N6. The Bertz CT molecular complexity index is 619. The van der Waals surface area contributed by atoms with Gasteiger partial charge in [0, 0.05) is 25.0 Å². The Hall–Kier alpha value is -2.37. The predicted octanol–water partition coefficient (Wildman–Crippen LogP) is 2.59. The molecule has 0 spiro atoms. The van der Waals surface area contributed by atoms with Gasteiger partial charge < -0.3 is 15.2 Å². The monoisotopic (exact) mass is 342 g/mol. The molecule has 1 aromatic carbocycles. The van der Waals surface area contributed by atoms with Gasteiger partial charge in [-0.2, -0.15) is 0 Å². The molecule has 0 aliphatic heterocycles. The number of guanidine groups is 1. The third-order valence-electron chi connectivity index (χ3n) is 4.13. The van der Waals surface area contributed by atoms with Gasteiger partial charge in [0.2, 0.25) is 0 Å². The summed E-state index contributed by atoms with van der Waals surface area (Å²) >= 11 is 0. The standard InChI is InChI=1S/C19H30N6/c1-4-20-18(21-12-8-9-13-25-15-23-24-16-25)22-14-19(2,3)17-10-6-5-7-11-17/h5-7,10-11,15-16H,4,8-9,12-14H2,1-3H3,(H2,20,21,22). The summed E-state index contributed by atoms with van der Waals surface area (Å²) in [7, 11) is 0. The van der Waals surface area contributed by atoms with E-state index in [9.17, 15) is 0 Å². The Balaban J connectivity index is 1.79. The zero-order valence-corrected chi connectivity index (χ0v) is 15.6. The minimum atomic E-state index is 0.0119. The van der Waals surface area contributed by atoms with Crippen molar-refractivity contribution in [3.05, 3.63) is 48.5 Å². The van der Waals surface area contributed by atoms with Gasteiger partial charge in [-0.25, -0.2) is 0 Å². The van der Waals surface area contributed by atoms with E-state index in [2.05, 4.69) is 65.9 Å². The SMILES string of the molecule is CCNC(=NCC(C)(C)c1ccccc1)NCCCCn1cnnc1. The van der Waals surface area contributed by atoms with E-state index < -0.39 is 0 Å². The molecule has 2 N–H and O–H groups in total. The third-order valence-corrected chi connectivity index (χ3v) is 4.13. The average molecular weight is 342 g/mol. The minimum Gasteiger partial charge on any atom is -0.357 e. The van der Waals surface area contributed by atoms with Gasteiger partial charge in [-0.15, -0.1) is 10.2 Å². The van der Waals surface area contributed by atoms with Crippen LogP contribution in [0.5, 0.6) is 0 Å². The fourth-order valence-electron chi connectivity index (χ4n) is 2.56. The van der Waals surface area contributed by atoms with Crippen molar-refractivity contribution >= 4 is 5.96 Å². The molecule has 0 radical (unpaired) electrons. The molecule has 0 fully saturated rings. The summed E-state index contributed by atoms with van der Waals surface area (Å²) < 4.78 is 2.00. The number of nitrogens with zero attached hydrogens (tertiary/aromatic N) is 4. The molecule has 0 saturated carbocycles. The number of nitrogens with one attached hydrogen (secondary N) is 2. The molecule has 1 heterocycles. The number of hydrogen-bond donors (Lipinski definition) is 2. The molecule has 2 aromatic rings. The van der Waals surface area contributed by atoms with Crippen LogP contribution in [-0.2, 0) is 12.0 Å². The smallest absolute Gasteiger partial charge is 0.191 e. The second-order valence-corrected chi connectivity index (χ2v) is 6.78. The maximum atomic E-state index is 4.78. The van der Waals surface area contributed by atoms with Gasteiger partial charge in [0.15, 0.2) is 5.96 Å². The lowest BCUT2D eigenvalue weighted by Gasteiger charge is -2.24. The summed E-state index contributed by atoms with van der Waals surface area (Å²) in [5.74, 6) is 0.885. The fourth-order valence-corrected chi connectivity index (χ4v) is 2.56. The van der Waals surface area contributed by atoms with E-state index in [0.717, 1.165) is 45.0 Å². The van der Waals surface area contributed by atoms with Gasteiger partial charge in [-0.3, -0.25) is 4.99 Å². The van der Waals surface area contributed by atoms with Crippen LogP contribution >= 0.6 is 0 Å². The highest BCUT2D eigenvalue weighted by Gasteiger charge is 2.19. The quantitative estimate of drug-likeness (QED) is 0.418. The van der Waals surface area contributed by atoms with Gasteiger partial charge in [0.05, 0.1) is 6.54 Å². The van der Waals surface area contributed by atoms with Crippen molar-refractivity contribution in [3.63, 3.8) is 0 Å². The Kier molecular flexibility index (Phi) is 7.44. The van der Waals surface area contributed by atoms with Crippen molar-refractivity contribution in [2.24, 2.45) is 4.99 Å². The number of aromatic nitrogens is 3. The van der Waals surface area contributed by atoms with Crippen molar-refractivity contribution in [3.8, 4) is 0 Å². The van der Waals surface area contributed by atoms with Crippen LogP contribution in [0.4, 0.5) is 0 Å². The highest BCUT2D eigenvalue weighted by Crippen LogP contribution is 2.22. The molecule has 0 aliphatic carbocycles. The zero-order chi connectivity index (χ0) is 18.0. The highest BCUT2D eigenvalue weighted by atomic mass is 15.2. The Morgan fingerprint density at radius 3 is 2.48 bits per heavy atom. The molecule has 6 nitrogen and oxygen atoms in total. The summed E-state index contributed by atoms with van der Waals surface area (Å²) in [5.41, 5.74) is 1.32. The average Bonchev–Trinajstić information content (AvgIpc) is 3.13. The summed E-state index contributed by atoms with van der Waals surface area (Å²) in [6.45, 7) is 10.0. The van der Waals surface area contributed by atoms with Gasteiger partial charge in [0.1, 0.15) is 12.7 Å². The summed E-state index contributed by atoms with van der Waals surface area (Å²) in [5, 5.41) is 14.4. The number of benzene rings is 1. The molecule has 0 aliphatic rings. The van der Waals surface area contributed by atoms with E-state index in [0.29, 0.717) is 0 Å². The topological polar surface area (TPSA) is 67.1 Å². The molecule has 25 heavy (non-hydrogen) atoms. The fraction of sp³-hybridized carbons (Fsp3) is 0.526. The van der Waals surface area contributed by atoms with Crippen LogP contribution in [0.1, 0.15) is 39.2 Å². The first-order chi connectivity index (χ1) is 12.1. The van der Waals surface area contributed by atoms with Crippen LogP contribution in [0.15, 0.2) is 48.0 Å². The van der Waals surface area contributed by atoms with Crippen molar-refractivity contribution in [1.29, 1.82) is 0 Å². The van der Waals surface area contributed by atoms with E-state index in [1.54, 1.807) is 12.7 Å². The predicted molar refractivity (Wildman–Crippen MR) is 103 cm³/mol. The molecule has 0 unspecified atom stereocenters. The summed E-state index contributed by atoms with van der Waals surface area (Å²) in [6.07, 6.45) is 5.67. The van der Waals surface area contributed by atoms with Gasteiger partial charge >= 0.3 is 0 Å². The van der Waals surface area contributed by atoms with Crippen LogP contribution in [0.2, 0.25) is 0 Å². The van der Waals surface area contributed by atoms with Crippen molar-refractivity contribution in [2.75, 3.05) is 19.6 Å². The van der Waals surface area contributed by atoms with Crippen LogP contribution in [-0.4, -0.2) is 40.4 Å². The molecular weight excluding hydrogens is 312 g/mol. The van der Waals surface area contributed by atoms with E-state index in [4.69, 9.17) is 4.99 Å². The Labute approximate surface area is 150 Å². The lowest BCUT2D eigenvalue weighted by molar-refractivity contribution is 0.536. The molecule has 1 aromatic heterocycles. The lowest BCUT2D eigenvalue weighted by atomic mass is 9.85. The van der Waals surface area contributed by atoms with Crippen molar-refractivity contribution in [2.45, 2.75) is 45.6 Å². The number of aliphatic imine (C=N–C) groups is 1. The van der Waals surface area contributed by atoms with Crippen LogP contribution in [0, 0.1) is 0 Å². The summed E-state index contributed by atoms with van der Waals surface area (Å²) in [4.78, 5) is 4.78. The first-order valence-corrected chi connectivity index (χ1v) is 9.02. The number of rotatable bonds is 9. The molecule has 136 valence electrons.